The van der Waals surface area contributed by atoms with E-state index in [9.17, 15) is 4.79 Å². The molecule has 0 fully saturated rings. The molecule has 0 aliphatic rings. The number of carbonyl (C=O) groups is 1. The molecule has 4 heteroatoms. The predicted molar refractivity (Wildman–Crippen MR) is 81.7 cm³/mol. The Morgan fingerprint density at radius 3 is 2.55 bits per heavy atom. The van der Waals surface area contributed by atoms with Gasteiger partial charge in [-0.25, -0.2) is 4.79 Å². The number of likely N-dealkylation sites (N-methyl/N-ethyl adjacent to an activating group) is 1. The van der Waals surface area contributed by atoms with Gasteiger partial charge in [-0.3, -0.25) is 5.32 Å². The third-order valence-electron chi connectivity index (χ3n) is 3.40. The zero-order valence-electron chi connectivity index (χ0n) is 13.2. The Morgan fingerprint density at radius 2 is 2.00 bits per heavy atom. The molecule has 0 bridgehead atoms. The first-order chi connectivity index (χ1) is 9.41. The molecular formula is C16H26N2O2. The van der Waals surface area contributed by atoms with Gasteiger partial charge in [0.05, 0.1) is 6.61 Å². The molecule has 20 heavy (non-hydrogen) atoms. The molecule has 1 N–H and O–H groups in total. The quantitative estimate of drug-likeness (QED) is 0.774. The average Bonchev–Trinajstić information content (AvgIpc) is 2.38. The number of hydrogen-bond donors (Lipinski definition) is 1. The Kier molecular flexibility index (Phi) is 6.17. The summed E-state index contributed by atoms with van der Waals surface area (Å²) < 4.78 is 5.26. The number of carbonyl (C=O) groups excluding carboxylic acids is 1. The normalized spacial score (nSPS) is 14.1. The highest BCUT2D eigenvalue weighted by molar-refractivity contribution is 5.82. The van der Waals surface area contributed by atoms with Crippen LogP contribution in [0.4, 0.5) is 0 Å². The molecule has 0 heterocycles. The molecule has 112 valence electrons. The zero-order chi connectivity index (χ0) is 15.2. The maximum atomic E-state index is 12.4. The molecular weight excluding hydrogens is 252 g/mol. The van der Waals surface area contributed by atoms with Crippen molar-refractivity contribution >= 4 is 5.97 Å². The van der Waals surface area contributed by atoms with Gasteiger partial charge < -0.3 is 9.64 Å². The summed E-state index contributed by atoms with van der Waals surface area (Å²) in [5.74, 6) is -0.229. The monoisotopic (exact) mass is 278 g/mol. The molecule has 0 saturated heterocycles. The molecule has 0 spiro atoms. The van der Waals surface area contributed by atoms with Gasteiger partial charge in [0.2, 0.25) is 0 Å². The lowest BCUT2D eigenvalue weighted by Gasteiger charge is -2.31. The Morgan fingerprint density at radius 1 is 1.35 bits per heavy atom. The van der Waals surface area contributed by atoms with Crippen molar-refractivity contribution in [3.8, 4) is 0 Å². The van der Waals surface area contributed by atoms with E-state index in [0.29, 0.717) is 6.61 Å². The highest BCUT2D eigenvalue weighted by Gasteiger charge is 2.37. The largest absolute Gasteiger partial charge is 0.464 e. The summed E-state index contributed by atoms with van der Waals surface area (Å²) in [6.45, 7) is 7.70. The molecule has 0 saturated carbocycles. The minimum Gasteiger partial charge on any atom is -0.464 e. The number of aryl methyl sites for hydroxylation is 1. The van der Waals surface area contributed by atoms with E-state index in [-0.39, 0.29) is 5.97 Å². The molecule has 1 aromatic rings. The van der Waals surface area contributed by atoms with Crippen LogP contribution in [0.5, 0.6) is 0 Å². The number of ether oxygens (including phenoxy) is 1. The molecule has 4 nitrogen and oxygen atoms in total. The Hall–Kier alpha value is -1.39. The van der Waals surface area contributed by atoms with E-state index >= 15 is 0 Å². The standard InChI is InChI=1S/C16H26N2O2/c1-6-20-15(19)16(3,17-11-12-18(4)5)14-10-8-7-9-13(14)2/h7-10,17H,6,11-12H2,1-5H3. The van der Waals surface area contributed by atoms with Crippen molar-refractivity contribution in [1.29, 1.82) is 0 Å². The van der Waals surface area contributed by atoms with Crippen LogP contribution in [0.25, 0.3) is 0 Å². The molecule has 0 aliphatic heterocycles. The Bertz CT molecular complexity index is 446. The maximum absolute atomic E-state index is 12.4. The third kappa shape index (κ3) is 4.05. The summed E-state index contributed by atoms with van der Waals surface area (Å²) in [5.41, 5.74) is 1.25. The number of esters is 1. The van der Waals surface area contributed by atoms with Crippen LogP contribution in [0, 0.1) is 6.92 Å². The number of nitrogens with one attached hydrogen (secondary N) is 1. The van der Waals surface area contributed by atoms with Gasteiger partial charge in [0.1, 0.15) is 5.54 Å². The van der Waals surface area contributed by atoms with Gasteiger partial charge in [-0.1, -0.05) is 24.3 Å². The fraction of sp³-hybridized carbons (Fsp3) is 0.562. The zero-order valence-corrected chi connectivity index (χ0v) is 13.2. The van der Waals surface area contributed by atoms with Crippen molar-refractivity contribution in [2.24, 2.45) is 0 Å². The van der Waals surface area contributed by atoms with E-state index in [0.717, 1.165) is 24.2 Å². The summed E-state index contributed by atoms with van der Waals surface area (Å²) in [7, 11) is 4.02. The smallest absolute Gasteiger partial charge is 0.330 e. The Balaban J connectivity index is 3.01. The number of benzene rings is 1. The second-order valence-corrected chi connectivity index (χ2v) is 5.39. The first kappa shape index (κ1) is 16.7. The molecule has 0 amide bonds. The van der Waals surface area contributed by atoms with Crippen molar-refractivity contribution in [2.45, 2.75) is 26.3 Å². The summed E-state index contributed by atoms with van der Waals surface area (Å²) in [6, 6.07) is 7.92. The number of rotatable bonds is 7. The lowest BCUT2D eigenvalue weighted by molar-refractivity contribution is -0.151. The van der Waals surface area contributed by atoms with Crippen LogP contribution in [-0.2, 0) is 15.1 Å². The van der Waals surface area contributed by atoms with Crippen LogP contribution in [0.2, 0.25) is 0 Å². The molecule has 1 unspecified atom stereocenters. The average molecular weight is 278 g/mol. The van der Waals surface area contributed by atoms with Gasteiger partial charge in [-0.05, 0) is 46.0 Å². The maximum Gasteiger partial charge on any atom is 0.330 e. The van der Waals surface area contributed by atoms with E-state index < -0.39 is 5.54 Å². The Labute approximate surface area is 122 Å². The van der Waals surface area contributed by atoms with E-state index in [1.165, 1.54) is 0 Å². The SMILES string of the molecule is CCOC(=O)C(C)(NCCN(C)C)c1ccccc1C. The minimum absolute atomic E-state index is 0.229. The van der Waals surface area contributed by atoms with Crippen LogP contribution >= 0.6 is 0 Å². The number of nitrogens with zero attached hydrogens (tertiary/aromatic N) is 1. The van der Waals surface area contributed by atoms with Crippen LogP contribution in [0.3, 0.4) is 0 Å². The summed E-state index contributed by atoms with van der Waals surface area (Å²) in [4.78, 5) is 14.5. The van der Waals surface area contributed by atoms with Crippen LogP contribution in [0.15, 0.2) is 24.3 Å². The fourth-order valence-electron chi connectivity index (χ4n) is 2.22. The molecule has 0 radical (unpaired) electrons. The minimum atomic E-state index is -0.808. The van der Waals surface area contributed by atoms with Gasteiger partial charge in [-0.2, -0.15) is 0 Å². The number of hydrogen-bond acceptors (Lipinski definition) is 4. The molecule has 1 atom stereocenters. The van der Waals surface area contributed by atoms with Gasteiger partial charge in [0, 0.05) is 13.1 Å². The van der Waals surface area contributed by atoms with Gasteiger partial charge in [0.15, 0.2) is 0 Å². The van der Waals surface area contributed by atoms with E-state index in [2.05, 4.69) is 10.2 Å². The highest BCUT2D eigenvalue weighted by atomic mass is 16.5. The van der Waals surface area contributed by atoms with Crippen molar-refractivity contribution in [1.82, 2.24) is 10.2 Å². The van der Waals surface area contributed by atoms with E-state index in [4.69, 9.17) is 4.74 Å². The molecule has 1 rings (SSSR count). The highest BCUT2D eigenvalue weighted by Crippen LogP contribution is 2.25. The topological polar surface area (TPSA) is 41.6 Å². The van der Waals surface area contributed by atoms with Gasteiger partial charge in [-0.15, -0.1) is 0 Å². The molecule has 1 aromatic carbocycles. The second kappa shape index (κ2) is 7.41. The van der Waals surface area contributed by atoms with Crippen molar-refractivity contribution in [2.75, 3.05) is 33.8 Å². The molecule has 0 aliphatic carbocycles. The lowest BCUT2D eigenvalue weighted by Crippen LogP contribution is -2.50. The van der Waals surface area contributed by atoms with E-state index in [1.807, 2.05) is 59.1 Å². The van der Waals surface area contributed by atoms with E-state index in [1.54, 1.807) is 0 Å². The van der Waals surface area contributed by atoms with Crippen molar-refractivity contribution in [3.05, 3.63) is 35.4 Å². The first-order valence-corrected chi connectivity index (χ1v) is 7.05. The molecule has 0 aromatic heterocycles. The summed E-state index contributed by atoms with van der Waals surface area (Å²) >= 11 is 0. The van der Waals surface area contributed by atoms with Gasteiger partial charge in [0.25, 0.3) is 0 Å². The van der Waals surface area contributed by atoms with Crippen LogP contribution in [-0.4, -0.2) is 44.7 Å². The summed E-state index contributed by atoms with van der Waals surface area (Å²) in [6.07, 6.45) is 0. The van der Waals surface area contributed by atoms with Gasteiger partial charge >= 0.3 is 5.97 Å². The first-order valence-electron chi connectivity index (χ1n) is 7.05. The van der Waals surface area contributed by atoms with Crippen LogP contribution < -0.4 is 5.32 Å². The van der Waals surface area contributed by atoms with Crippen molar-refractivity contribution in [3.63, 3.8) is 0 Å². The van der Waals surface area contributed by atoms with Crippen molar-refractivity contribution < 1.29 is 9.53 Å². The summed E-state index contributed by atoms with van der Waals surface area (Å²) in [5, 5.41) is 3.35. The third-order valence-corrected chi connectivity index (χ3v) is 3.40. The predicted octanol–water partition coefficient (Wildman–Crippen LogP) is 1.92. The van der Waals surface area contributed by atoms with Crippen LogP contribution in [0.1, 0.15) is 25.0 Å². The fourth-order valence-corrected chi connectivity index (χ4v) is 2.22. The second-order valence-electron chi connectivity index (χ2n) is 5.39. The lowest BCUT2D eigenvalue weighted by atomic mass is 9.88.